The van der Waals surface area contributed by atoms with Crippen LogP contribution in [0.25, 0.3) is 0 Å². The number of nitrogens with one attached hydrogen (secondary N) is 1. The van der Waals surface area contributed by atoms with Gasteiger partial charge in [0.05, 0.1) is 22.2 Å². The van der Waals surface area contributed by atoms with Crippen molar-refractivity contribution in [1.82, 2.24) is 5.32 Å². The number of carbonyl (C=O) groups excluding carboxylic acids is 1. The van der Waals surface area contributed by atoms with Gasteiger partial charge in [0.2, 0.25) is 0 Å². The van der Waals surface area contributed by atoms with Crippen molar-refractivity contribution >= 4 is 45.0 Å². The third-order valence-corrected chi connectivity index (χ3v) is 3.31. The van der Waals surface area contributed by atoms with Crippen molar-refractivity contribution in [1.29, 1.82) is 0 Å². The van der Waals surface area contributed by atoms with Crippen LogP contribution in [0.2, 0.25) is 10.0 Å². The molecule has 1 aromatic carbocycles. The van der Waals surface area contributed by atoms with E-state index >= 15 is 0 Å². The molecule has 0 aliphatic rings. The lowest BCUT2D eigenvalue weighted by molar-refractivity contribution is 0.0945. The summed E-state index contributed by atoms with van der Waals surface area (Å²) in [4.78, 5) is 11.8. The third kappa shape index (κ3) is 5.14. The lowest BCUT2D eigenvalue weighted by atomic mass is 10.2. The topological polar surface area (TPSA) is 38.3 Å². The zero-order chi connectivity index (χ0) is 13.4. The summed E-state index contributed by atoms with van der Waals surface area (Å²) in [6, 6.07) is 4.99. The van der Waals surface area contributed by atoms with Gasteiger partial charge in [0.25, 0.3) is 5.91 Å². The van der Waals surface area contributed by atoms with E-state index in [2.05, 4.69) is 21.2 Å². The quantitative estimate of drug-likeness (QED) is 0.601. The second-order valence-electron chi connectivity index (χ2n) is 3.51. The van der Waals surface area contributed by atoms with Crippen LogP contribution in [0.4, 0.5) is 0 Å². The van der Waals surface area contributed by atoms with Crippen molar-refractivity contribution in [3.05, 3.63) is 33.8 Å². The average Bonchev–Trinajstić information content (AvgIpc) is 2.36. The minimum absolute atomic E-state index is 0.219. The SMILES string of the molecule is O=C(NCCCOCCBr)c1cccc(Cl)c1Cl. The van der Waals surface area contributed by atoms with Gasteiger partial charge in [0.1, 0.15) is 0 Å². The van der Waals surface area contributed by atoms with Crippen molar-refractivity contribution in [2.75, 3.05) is 25.1 Å². The summed E-state index contributed by atoms with van der Waals surface area (Å²) in [5.41, 5.74) is 0.394. The third-order valence-electron chi connectivity index (χ3n) is 2.17. The van der Waals surface area contributed by atoms with Crippen molar-refractivity contribution < 1.29 is 9.53 Å². The molecule has 1 N–H and O–H groups in total. The summed E-state index contributed by atoms with van der Waals surface area (Å²) < 4.78 is 5.27. The number of amides is 1. The Morgan fingerprint density at radius 1 is 1.33 bits per heavy atom. The molecule has 1 amide bonds. The largest absolute Gasteiger partial charge is 0.381 e. The van der Waals surface area contributed by atoms with Crippen LogP contribution in [0.1, 0.15) is 16.8 Å². The number of hydrogen-bond donors (Lipinski definition) is 1. The maximum Gasteiger partial charge on any atom is 0.252 e. The van der Waals surface area contributed by atoms with E-state index in [-0.39, 0.29) is 10.9 Å². The molecule has 1 aromatic rings. The number of benzene rings is 1. The molecule has 0 spiro atoms. The van der Waals surface area contributed by atoms with E-state index in [9.17, 15) is 4.79 Å². The van der Waals surface area contributed by atoms with Crippen molar-refractivity contribution in [2.24, 2.45) is 0 Å². The van der Waals surface area contributed by atoms with E-state index in [4.69, 9.17) is 27.9 Å². The van der Waals surface area contributed by atoms with Crippen LogP contribution in [-0.4, -0.2) is 31.0 Å². The van der Waals surface area contributed by atoms with Crippen molar-refractivity contribution in [2.45, 2.75) is 6.42 Å². The van der Waals surface area contributed by atoms with Crippen LogP contribution >= 0.6 is 39.1 Å². The summed E-state index contributed by atoms with van der Waals surface area (Å²) in [6.45, 7) is 1.84. The molecule has 18 heavy (non-hydrogen) atoms. The predicted molar refractivity (Wildman–Crippen MR) is 78.0 cm³/mol. The highest BCUT2D eigenvalue weighted by Crippen LogP contribution is 2.25. The Bertz CT molecular complexity index is 402. The fourth-order valence-corrected chi connectivity index (χ4v) is 1.92. The molecule has 0 saturated heterocycles. The van der Waals surface area contributed by atoms with Crippen LogP contribution in [0.3, 0.4) is 0 Å². The number of rotatable bonds is 7. The Labute approximate surface area is 125 Å². The number of hydrogen-bond acceptors (Lipinski definition) is 2. The van der Waals surface area contributed by atoms with Gasteiger partial charge in [-0.3, -0.25) is 4.79 Å². The Kier molecular flexibility index (Phi) is 7.66. The van der Waals surface area contributed by atoms with Crippen LogP contribution in [-0.2, 0) is 4.74 Å². The van der Waals surface area contributed by atoms with Gasteiger partial charge in [-0.1, -0.05) is 45.2 Å². The van der Waals surface area contributed by atoms with E-state index in [0.29, 0.717) is 30.3 Å². The first-order valence-corrected chi connectivity index (χ1v) is 7.40. The Balaban J connectivity index is 2.35. The molecule has 3 nitrogen and oxygen atoms in total. The lowest BCUT2D eigenvalue weighted by Gasteiger charge is -2.07. The summed E-state index contributed by atoms with van der Waals surface area (Å²) >= 11 is 15.1. The molecule has 0 fully saturated rings. The number of alkyl halides is 1. The summed E-state index contributed by atoms with van der Waals surface area (Å²) in [5, 5.41) is 4.25. The fraction of sp³-hybridized carbons (Fsp3) is 0.417. The molecule has 0 aliphatic carbocycles. The first-order chi connectivity index (χ1) is 8.66. The fourth-order valence-electron chi connectivity index (χ4n) is 1.31. The van der Waals surface area contributed by atoms with Crippen molar-refractivity contribution in [3.8, 4) is 0 Å². The minimum Gasteiger partial charge on any atom is -0.381 e. The molecule has 1 rings (SSSR count). The smallest absolute Gasteiger partial charge is 0.252 e. The second kappa shape index (κ2) is 8.75. The van der Waals surface area contributed by atoms with Gasteiger partial charge in [-0.25, -0.2) is 0 Å². The zero-order valence-corrected chi connectivity index (χ0v) is 12.8. The first-order valence-electron chi connectivity index (χ1n) is 5.52. The maximum absolute atomic E-state index is 11.8. The standard InChI is InChI=1S/C12H14BrCl2NO2/c13-5-8-18-7-2-6-16-12(17)9-3-1-4-10(14)11(9)15/h1,3-4H,2,5-8H2,(H,16,17). The monoisotopic (exact) mass is 353 g/mol. The molecule has 0 radical (unpaired) electrons. The highest BCUT2D eigenvalue weighted by atomic mass is 79.9. The minimum atomic E-state index is -0.219. The molecule has 0 aliphatic heterocycles. The Morgan fingerprint density at radius 3 is 2.83 bits per heavy atom. The first kappa shape index (κ1) is 15.8. The van der Waals surface area contributed by atoms with E-state index < -0.39 is 0 Å². The average molecular weight is 355 g/mol. The van der Waals surface area contributed by atoms with Gasteiger partial charge in [-0.15, -0.1) is 0 Å². The number of halogens is 3. The predicted octanol–water partition coefficient (Wildman–Crippen LogP) is 3.52. The van der Waals surface area contributed by atoms with Crippen LogP contribution < -0.4 is 5.32 Å². The highest BCUT2D eigenvalue weighted by Gasteiger charge is 2.11. The molecular weight excluding hydrogens is 341 g/mol. The number of ether oxygens (including phenoxy) is 1. The summed E-state index contributed by atoms with van der Waals surface area (Å²) in [7, 11) is 0. The van der Waals surface area contributed by atoms with Gasteiger partial charge >= 0.3 is 0 Å². The van der Waals surface area contributed by atoms with E-state index in [0.717, 1.165) is 11.8 Å². The summed E-state index contributed by atoms with van der Waals surface area (Å²) in [6.07, 6.45) is 0.761. The van der Waals surface area contributed by atoms with Gasteiger partial charge in [-0.05, 0) is 18.6 Å². The van der Waals surface area contributed by atoms with E-state index in [1.165, 1.54) is 0 Å². The molecular formula is C12H14BrCl2NO2. The van der Waals surface area contributed by atoms with Gasteiger partial charge in [-0.2, -0.15) is 0 Å². The van der Waals surface area contributed by atoms with Crippen LogP contribution in [0.5, 0.6) is 0 Å². The molecule has 0 heterocycles. The Hall–Kier alpha value is -0.290. The van der Waals surface area contributed by atoms with Crippen LogP contribution in [0, 0.1) is 0 Å². The summed E-state index contributed by atoms with van der Waals surface area (Å²) in [5.74, 6) is -0.219. The normalized spacial score (nSPS) is 10.4. The molecule has 0 atom stereocenters. The molecule has 0 unspecified atom stereocenters. The lowest BCUT2D eigenvalue weighted by Crippen LogP contribution is -2.25. The zero-order valence-electron chi connectivity index (χ0n) is 9.72. The molecule has 0 bridgehead atoms. The van der Waals surface area contributed by atoms with Gasteiger partial charge in [0, 0.05) is 18.5 Å². The van der Waals surface area contributed by atoms with E-state index in [1.807, 2.05) is 0 Å². The molecule has 0 saturated carbocycles. The highest BCUT2D eigenvalue weighted by molar-refractivity contribution is 9.09. The van der Waals surface area contributed by atoms with Crippen LogP contribution in [0.15, 0.2) is 18.2 Å². The van der Waals surface area contributed by atoms with Gasteiger partial charge in [0.15, 0.2) is 0 Å². The number of carbonyl (C=O) groups is 1. The maximum atomic E-state index is 11.8. The Morgan fingerprint density at radius 2 is 2.11 bits per heavy atom. The van der Waals surface area contributed by atoms with E-state index in [1.54, 1.807) is 18.2 Å². The molecule has 100 valence electrons. The second-order valence-corrected chi connectivity index (χ2v) is 5.09. The van der Waals surface area contributed by atoms with Crippen molar-refractivity contribution in [3.63, 3.8) is 0 Å². The molecule has 0 aromatic heterocycles. The van der Waals surface area contributed by atoms with Gasteiger partial charge < -0.3 is 10.1 Å². The molecule has 6 heteroatoms.